The van der Waals surface area contributed by atoms with E-state index in [0.29, 0.717) is 9.13 Å². The highest BCUT2D eigenvalue weighted by molar-refractivity contribution is 6.42. The molecule has 5 heavy (non-hydrogen) atoms. The predicted octanol–water partition coefficient (Wildman–Crippen LogP) is 0.683. The molecule has 0 unspecified atom stereocenters. The summed E-state index contributed by atoms with van der Waals surface area (Å²) in [5.74, 6) is 0. The SMILES string of the molecule is C=[SiH]C(C)C. The van der Waals surface area contributed by atoms with Crippen molar-refractivity contribution in [3.63, 3.8) is 0 Å². The van der Waals surface area contributed by atoms with Crippen molar-refractivity contribution in [2.75, 3.05) is 0 Å². The summed E-state index contributed by atoms with van der Waals surface area (Å²) in [5.41, 5.74) is 0.856. The Balaban J connectivity index is 2.83. The van der Waals surface area contributed by atoms with Crippen LogP contribution in [0.15, 0.2) is 0 Å². The van der Waals surface area contributed by atoms with Crippen molar-refractivity contribution in [2.45, 2.75) is 19.4 Å². The standard InChI is InChI=1S/C4H10Si/c1-4(2)5-3/h4-5H,3H2,1-2H3. The van der Waals surface area contributed by atoms with E-state index >= 15 is 0 Å². The van der Waals surface area contributed by atoms with Gasteiger partial charge in [-0.2, -0.15) is 0 Å². The van der Waals surface area contributed by atoms with Crippen LogP contribution in [0, 0.1) is 0 Å². The second kappa shape index (κ2) is 2.33. The molecule has 0 atom stereocenters. The Morgan fingerprint density at radius 3 is 1.80 bits per heavy atom. The number of hydrogen-bond acceptors (Lipinski definition) is 0. The van der Waals surface area contributed by atoms with Crippen LogP contribution in [0.5, 0.6) is 0 Å². The largest absolute Gasteiger partial charge is 0.121 e. The Bertz CT molecular complexity index is 30.6. The van der Waals surface area contributed by atoms with E-state index in [0.717, 1.165) is 5.54 Å². The van der Waals surface area contributed by atoms with Crippen molar-refractivity contribution in [3.8, 4) is 0 Å². The van der Waals surface area contributed by atoms with E-state index in [-0.39, 0.29) is 0 Å². The lowest BCUT2D eigenvalue weighted by atomic mass is 10.6. The Morgan fingerprint density at radius 2 is 1.80 bits per heavy atom. The molecule has 0 heterocycles. The van der Waals surface area contributed by atoms with Crippen LogP contribution in [0.4, 0.5) is 0 Å². The minimum absolute atomic E-state index is 0.481. The van der Waals surface area contributed by atoms with E-state index in [1.165, 1.54) is 0 Å². The van der Waals surface area contributed by atoms with Gasteiger partial charge in [0.1, 0.15) is 0 Å². The minimum atomic E-state index is 0.481. The molecule has 0 amide bonds. The van der Waals surface area contributed by atoms with Crippen molar-refractivity contribution in [1.82, 2.24) is 0 Å². The number of hydrogen-bond donors (Lipinski definition) is 0. The van der Waals surface area contributed by atoms with Gasteiger partial charge in [-0.1, -0.05) is 13.8 Å². The lowest BCUT2D eigenvalue weighted by Crippen LogP contribution is -1.77. The second-order valence-corrected chi connectivity index (χ2v) is 3.28. The first-order chi connectivity index (χ1) is 2.27. The molecule has 0 aromatic rings. The van der Waals surface area contributed by atoms with E-state index in [4.69, 9.17) is 0 Å². The van der Waals surface area contributed by atoms with Gasteiger partial charge in [0.15, 0.2) is 0 Å². The highest BCUT2D eigenvalue weighted by Crippen LogP contribution is 1.87. The predicted molar refractivity (Wildman–Crippen MR) is 29.4 cm³/mol. The van der Waals surface area contributed by atoms with Gasteiger partial charge in [0.2, 0.25) is 0 Å². The van der Waals surface area contributed by atoms with Crippen molar-refractivity contribution in [2.24, 2.45) is 0 Å². The molecule has 0 rings (SSSR count). The molecule has 0 radical (unpaired) electrons. The summed E-state index contributed by atoms with van der Waals surface area (Å²) in [5, 5.41) is 0. The summed E-state index contributed by atoms with van der Waals surface area (Å²) < 4.78 is 0. The zero-order valence-corrected chi connectivity index (χ0v) is 5.02. The van der Waals surface area contributed by atoms with Crippen molar-refractivity contribution in [3.05, 3.63) is 0 Å². The van der Waals surface area contributed by atoms with E-state index in [2.05, 4.69) is 20.0 Å². The van der Waals surface area contributed by atoms with Gasteiger partial charge in [-0.15, -0.1) is 6.17 Å². The Kier molecular flexibility index (Phi) is 2.37. The van der Waals surface area contributed by atoms with Crippen LogP contribution in [0.2, 0.25) is 5.54 Å². The van der Waals surface area contributed by atoms with Crippen LogP contribution in [0.1, 0.15) is 13.8 Å². The summed E-state index contributed by atoms with van der Waals surface area (Å²) in [7, 11) is 0.481. The first-order valence-electron chi connectivity index (χ1n) is 1.90. The van der Waals surface area contributed by atoms with Crippen LogP contribution in [-0.4, -0.2) is 15.3 Å². The fourth-order valence-electron chi connectivity index (χ4n) is 0. The maximum absolute atomic E-state index is 3.77. The van der Waals surface area contributed by atoms with Crippen molar-refractivity contribution >= 4 is 15.3 Å². The molecular weight excluding hydrogens is 76.1 g/mol. The zero-order valence-electron chi connectivity index (χ0n) is 3.86. The first-order valence-corrected chi connectivity index (χ1v) is 3.38. The van der Waals surface area contributed by atoms with Gasteiger partial charge in [0.25, 0.3) is 0 Å². The van der Waals surface area contributed by atoms with Crippen LogP contribution in [0.25, 0.3) is 0 Å². The molecule has 0 bridgehead atoms. The average molecular weight is 86.2 g/mol. The topological polar surface area (TPSA) is 0 Å². The van der Waals surface area contributed by atoms with Gasteiger partial charge in [-0.25, -0.2) is 0 Å². The van der Waals surface area contributed by atoms with E-state index in [1.54, 1.807) is 0 Å². The van der Waals surface area contributed by atoms with Gasteiger partial charge < -0.3 is 0 Å². The molecule has 30 valence electrons. The summed E-state index contributed by atoms with van der Waals surface area (Å²) in [6.45, 7) is 4.39. The van der Waals surface area contributed by atoms with Crippen LogP contribution in [0.3, 0.4) is 0 Å². The Hall–Kier alpha value is 0.0869. The van der Waals surface area contributed by atoms with E-state index < -0.39 is 0 Å². The summed E-state index contributed by atoms with van der Waals surface area (Å²) >= 11 is 0. The van der Waals surface area contributed by atoms with Gasteiger partial charge >= 0.3 is 0 Å². The summed E-state index contributed by atoms with van der Waals surface area (Å²) in [6.07, 6.45) is 3.77. The molecule has 0 saturated carbocycles. The third-order valence-corrected chi connectivity index (χ3v) is 1.41. The Morgan fingerprint density at radius 1 is 1.60 bits per heavy atom. The molecule has 0 aromatic carbocycles. The van der Waals surface area contributed by atoms with Crippen LogP contribution >= 0.6 is 0 Å². The third-order valence-electron chi connectivity index (χ3n) is 0.471. The molecule has 0 saturated heterocycles. The molecule has 0 aliphatic heterocycles. The maximum Gasteiger partial charge on any atom is -0.0126 e. The smallest absolute Gasteiger partial charge is 0.0126 e. The number of rotatable bonds is 1. The molecule has 1 heteroatoms. The molecule has 0 nitrogen and oxygen atoms in total. The fourth-order valence-corrected chi connectivity index (χ4v) is 0. The minimum Gasteiger partial charge on any atom is -0.121 e. The zero-order chi connectivity index (χ0) is 4.28. The molecule has 0 aliphatic carbocycles. The third kappa shape index (κ3) is 4.09. The second-order valence-electron chi connectivity index (χ2n) is 1.48. The van der Waals surface area contributed by atoms with Gasteiger partial charge in [0, 0.05) is 0 Å². The van der Waals surface area contributed by atoms with Crippen LogP contribution < -0.4 is 0 Å². The van der Waals surface area contributed by atoms with Gasteiger partial charge in [-0.05, 0) is 14.7 Å². The first kappa shape index (κ1) is 5.09. The van der Waals surface area contributed by atoms with E-state index in [9.17, 15) is 0 Å². The fraction of sp³-hybridized carbons (Fsp3) is 0.750. The van der Waals surface area contributed by atoms with E-state index in [1.807, 2.05) is 0 Å². The average Bonchev–Trinajstić information content (AvgIpc) is 1.38. The van der Waals surface area contributed by atoms with Crippen molar-refractivity contribution in [1.29, 1.82) is 0 Å². The monoisotopic (exact) mass is 86.1 g/mol. The normalized spacial score (nSPS) is 8.60. The lowest BCUT2D eigenvalue weighted by molar-refractivity contribution is 1.07. The summed E-state index contributed by atoms with van der Waals surface area (Å²) in [4.78, 5) is 0. The maximum atomic E-state index is 3.77. The van der Waals surface area contributed by atoms with Crippen molar-refractivity contribution < 1.29 is 0 Å². The highest BCUT2D eigenvalue weighted by Gasteiger charge is 1.74. The van der Waals surface area contributed by atoms with Gasteiger partial charge in [0.05, 0.1) is 0 Å². The summed E-state index contributed by atoms with van der Waals surface area (Å²) in [6, 6.07) is 0. The molecule has 0 aromatic heterocycles. The quantitative estimate of drug-likeness (QED) is 0.412. The molecule has 0 N–H and O–H groups in total. The van der Waals surface area contributed by atoms with Crippen LogP contribution in [-0.2, 0) is 0 Å². The molecule has 0 spiro atoms. The molecule has 0 aliphatic rings. The van der Waals surface area contributed by atoms with Gasteiger partial charge in [-0.3, -0.25) is 0 Å². The molecule has 0 fully saturated rings. The lowest BCUT2D eigenvalue weighted by Gasteiger charge is -1.83. The highest BCUT2D eigenvalue weighted by atomic mass is 28.2. The molecular formula is C4H10Si. The Labute approximate surface area is 35.6 Å².